The first kappa shape index (κ1) is 21.7. The molecule has 158 valence electrons. The van der Waals surface area contributed by atoms with Gasteiger partial charge in [-0.15, -0.1) is 0 Å². The molecule has 1 heterocycles. The zero-order chi connectivity index (χ0) is 20.7. The Morgan fingerprint density at radius 1 is 1.10 bits per heavy atom. The summed E-state index contributed by atoms with van der Waals surface area (Å²) in [6.45, 7) is 4.75. The molecule has 1 aliphatic rings. The Labute approximate surface area is 176 Å². The molecule has 1 fully saturated rings. The summed E-state index contributed by atoms with van der Waals surface area (Å²) in [7, 11) is -3.58. The number of ether oxygens (including phenoxy) is 3. The molecule has 0 atom stereocenters. The average Bonchev–Trinajstić information content (AvgIpc) is 2.74. The van der Waals surface area contributed by atoms with E-state index in [0.717, 1.165) is 0 Å². The van der Waals surface area contributed by atoms with Crippen molar-refractivity contribution in [3.63, 3.8) is 0 Å². The third-order valence-electron chi connectivity index (χ3n) is 4.36. The number of hydrogen-bond acceptors (Lipinski definition) is 6. The van der Waals surface area contributed by atoms with E-state index in [1.165, 1.54) is 4.31 Å². The predicted molar refractivity (Wildman–Crippen MR) is 113 cm³/mol. The lowest BCUT2D eigenvalue weighted by Gasteiger charge is -2.26. The molecule has 0 aromatic heterocycles. The highest BCUT2D eigenvalue weighted by molar-refractivity contribution is 7.89. The van der Waals surface area contributed by atoms with E-state index in [-0.39, 0.29) is 4.90 Å². The molecule has 0 unspecified atom stereocenters. The van der Waals surface area contributed by atoms with E-state index >= 15 is 0 Å². The molecular weight excluding hydrogens is 416 g/mol. The summed E-state index contributed by atoms with van der Waals surface area (Å²) in [6.07, 6.45) is 0. The van der Waals surface area contributed by atoms with E-state index in [1.54, 1.807) is 42.5 Å². The second-order valence-corrected chi connectivity index (χ2v) is 8.71. The molecule has 0 aliphatic carbocycles. The van der Waals surface area contributed by atoms with Crippen LogP contribution in [0.25, 0.3) is 0 Å². The summed E-state index contributed by atoms with van der Waals surface area (Å²) in [5.74, 6) is 1.31. The normalized spacial score (nSPS) is 15.1. The van der Waals surface area contributed by atoms with Crippen molar-refractivity contribution in [1.29, 1.82) is 0 Å². The molecular formula is C20H25ClN2O5S. The summed E-state index contributed by atoms with van der Waals surface area (Å²) >= 11 is 5.87. The van der Waals surface area contributed by atoms with Gasteiger partial charge in [0.2, 0.25) is 10.0 Å². The number of nitrogens with zero attached hydrogens (tertiary/aromatic N) is 1. The topological polar surface area (TPSA) is 77.1 Å². The van der Waals surface area contributed by atoms with Crippen LogP contribution in [-0.4, -0.2) is 58.8 Å². The lowest BCUT2D eigenvalue weighted by atomic mass is 10.3. The van der Waals surface area contributed by atoms with E-state index in [1.807, 2.05) is 6.92 Å². The maximum atomic E-state index is 12.9. The van der Waals surface area contributed by atoms with Gasteiger partial charge in [0.15, 0.2) is 0 Å². The molecule has 9 heteroatoms. The Balaban J connectivity index is 1.68. The fourth-order valence-electron chi connectivity index (χ4n) is 2.91. The van der Waals surface area contributed by atoms with Crippen LogP contribution in [0.5, 0.6) is 11.5 Å². The zero-order valence-electron chi connectivity index (χ0n) is 16.3. The van der Waals surface area contributed by atoms with E-state index in [0.29, 0.717) is 68.3 Å². The highest BCUT2D eigenvalue weighted by Gasteiger charge is 2.27. The minimum absolute atomic E-state index is 0.226. The minimum Gasteiger partial charge on any atom is -0.492 e. The standard InChI is InChI=1S/C20H25ClN2O5S/c1-2-27-20-8-7-18(29(24,25)23-10-13-26-14-11-23)15-19(20)22-9-12-28-17-5-3-16(21)4-6-17/h3-8,15,22H,2,9-14H2,1H3. The number of rotatable bonds is 9. The number of benzene rings is 2. The van der Waals surface area contributed by atoms with Crippen molar-refractivity contribution in [2.75, 3.05) is 51.4 Å². The number of sulfonamides is 1. The number of morpholine rings is 1. The second kappa shape index (κ2) is 10.2. The third kappa shape index (κ3) is 5.76. The van der Waals surface area contributed by atoms with Crippen LogP contribution in [0.3, 0.4) is 0 Å². The Morgan fingerprint density at radius 3 is 2.52 bits per heavy atom. The lowest BCUT2D eigenvalue weighted by molar-refractivity contribution is 0.0730. The second-order valence-electron chi connectivity index (χ2n) is 6.34. The maximum absolute atomic E-state index is 12.9. The van der Waals surface area contributed by atoms with Gasteiger partial charge in [-0.2, -0.15) is 4.31 Å². The van der Waals surface area contributed by atoms with Gasteiger partial charge in [-0.05, 0) is 49.4 Å². The van der Waals surface area contributed by atoms with E-state index < -0.39 is 10.0 Å². The quantitative estimate of drug-likeness (QED) is 0.603. The van der Waals surface area contributed by atoms with E-state index in [9.17, 15) is 8.42 Å². The van der Waals surface area contributed by atoms with Crippen LogP contribution in [0.1, 0.15) is 6.92 Å². The molecule has 0 bridgehead atoms. The smallest absolute Gasteiger partial charge is 0.243 e. The Hall–Kier alpha value is -2.00. The Kier molecular flexibility index (Phi) is 7.60. The molecule has 1 N–H and O–H groups in total. The molecule has 1 aliphatic heterocycles. The molecule has 0 saturated carbocycles. The molecule has 3 rings (SSSR count). The predicted octanol–water partition coefficient (Wildman–Crippen LogP) is 3.25. The van der Waals surface area contributed by atoms with Crippen molar-refractivity contribution < 1.29 is 22.6 Å². The number of anilines is 1. The summed E-state index contributed by atoms with van der Waals surface area (Å²) in [5, 5.41) is 3.86. The lowest BCUT2D eigenvalue weighted by Crippen LogP contribution is -2.40. The Morgan fingerprint density at radius 2 is 1.83 bits per heavy atom. The molecule has 0 radical (unpaired) electrons. The van der Waals surface area contributed by atoms with Crippen LogP contribution in [0.15, 0.2) is 47.4 Å². The first-order valence-electron chi connectivity index (χ1n) is 9.47. The number of halogens is 1. The van der Waals surface area contributed by atoms with Crippen molar-refractivity contribution >= 4 is 27.3 Å². The highest BCUT2D eigenvalue weighted by atomic mass is 35.5. The van der Waals surface area contributed by atoms with Crippen LogP contribution in [0.2, 0.25) is 5.02 Å². The van der Waals surface area contributed by atoms with Gasteiger partial charge in [0.25, 0.3) is 0 Å². The van der Waals surface area contributed by atoms with Crippen molar-refractivity contribution in [2.24, 2.45) is 0 Å². The van der Waals surface area contributed by atoms with Crippen LogP contribution in [-0.2, 0) is 14.8 Å². The molecule has 0 amide bonds. The van der Waals surface area contributed by atoms with Crippen molar-refractivity contribution in [3.05, 3.63) is 47.5 Å². The van der Waals surface area contributed by atoms with Gasteiger partial charge in [0.05, 0.1) is 30.4 Å². The zero-order valence-corrected chi connectivity index (χ0v) is 17.8. The van der Waals surface area contributed by atoms with Crippen LogP contribution in [0, 0.1) is 0 Å². The monoisotopic (exact) mass is 440 g/mol. The fourth-order valence-corrected chi connectivity index (χ4v) is 4.47. The summed E-state index contributed by atoms with van der Waals surface area (Å²) in [6, 6.07) is 12.0. The molecule has 1 saturated heterocycles. The molecule has 2 aromatic rings. The maximum Gasteiger partial charge on any atom is 0.243 e. The SMILES string of the molecule is CCOc1ccc(S(=O)(=O)N2CCOCC2)cc1NCCOc1ccc(Cl)cc1. The first-order chi connectivity index (χ1) is 14.0. The highest BCUT2D eigenvalue weighted by Crippen LogP contribution is 2.29. The van der Waals surface area contributed by atoms with Gasteiger partial charge < -0.3 is 19.5 Å². The molecule has 2 aromatic carbocycles. The average molecular weight is 441 g/mol. The van der Waals surface area contributed by atoms with Crippen molar-refractivity contribution in [1.82, 2.24) is 4.31 Å². The summed E-state index contributed by atoms with van der Waals surface area (Å²) < 4.78 is 43.8. The summed E-state index contributed by atoms with van der Waals surface area (Å²) in [4.78, 5) is 0.226. The van der Waals surface area contributed by atoms with E-state index in [4.69, 9.17) is 25.8 Å². The van der Waals surface area contributed by atoms with Gasteiger partial charge in [-0.25, -0.2) is 8.42 Å². The van der Waals surface area contributed by atoms with E-state index in [2.05, 4.69) is 5.32 Å². The van der Waals surface area contributed by atoms with Crippen LogP contribution in [0.4, 0.5) is 5.69 Å². The third-order valence-corrected chi connectivity index (χ3v) is 6.51. The Bertz CT molecular complexity index is 900. The van der Waals surface area contributed by atoms with Crippen LogP contribution < -0.4 is 14.8 Å². The molecule has 0 spiro atoms. The largest absolute Gasteiger partial charge is 0.492 e. The molecule has 29 heavy (non-hydrogen) atoms. The van der Waals surface area contributed by atoms with Crippen molar-refractivity contribution in [2.45, 2.75) is 11.8 Å². The van der Waals surface area contributed by atoms with Crippen LogP contribution >= 0.6 is 11.6 Å². The van der Waals surface area contributed by atoms with Gasteiger partial charge >= 0.3 is 0 Å². The fraction of sp³-hybridized carbons (Fsp3) is 0.400. The minimum atomic E-state index is -3.58. The van der Waals surface area contributed by atoms with Crippen molar-refractivity contribution in [3.8, 4) is 11.5 Å². The molecule has 7 nitrogen and oxygen atoms in total. The summed E-state index contributed by atoms with van der Waals surface area (Å²) in [5.41, 5.74) is 0.612. The van der Waals surface area contributed by atoms with Gasteiger partial charge in [-0.1, -0.05) is 11.6 Å². The number of nitrogens with one attached hydrogen (secondary N) is 1. The first-order valence-corrected chi connectivity index (χ1v) is 11.3. The number of hydrogen-bond donors (Lipinski definition) is 1. The van der Waals surface area contributed by atoms with Gasteiger partial charge in [0, 0.05) is 24.7 Å². The van der Waals surface area contributed by atoms with Gasteiger partial charge in [-0.3, -0.25) is 0 Å². The van der Waals surface area contributed by atoms with Gasteiger partial charge in [0.1, 0.15) is 18.1 Å².